The molecule has 1 aromatic carbocycles. The highest BCUT2D eigenvalue weighted by atomic mass is 35.5. The highest BCUT2D eigenvalue weighted by Gasteiger charge is 2.46. The highest BCUT2D eigenvalue weighted by Crippen LogP contribution is 2.31. The van der Waals surface area contributed by atoms with Gasteiger partial charge in [0, 0.05) is 23.5 Å². The number of benzene rings is 1. The second kappa shape index (κ2) is 7.19. The quantitative estimate of drug-likeness (QED) is 0.521. The largest absolute Gasteiger partial charge is 0.460 e. The molecule has 1 amide bonds. The van der Waals surface area contributed by atoms with Gasteiger partial charge in [-0.15, -0.1) is 0 Å². The minimum atomic E-state index is -1.36. The lowest BCUT2D eigenvalue weighted by Gasteiger charge is -2.41. The monoisotopic (exact) mass is 370 g/mol. The first-order valence-electron chi connectivity index (χ1n) is 7.73. The Morgan fingerprint density at radius 2 is 2.16 bits per heavy atom. The Balaban J connectivity index is 1.89. The maximum Gasteiger partial charge on any atom is 0.223 e. The van der Waals surface area contributed by atoms with Crippen molar-refractivity contribution < 1.29 is 29.6 Å². The van der Waals surface area contributed by atoms with Gasteiger partial charge >= 0.3 is 0 Å². The number of nitrogens with one attached hydrogen (secondary N) is 2. The Kier molecular flexibility index (Phi) is 5.16. The zero-order chi connectivity index (χ0) is 18.1. The fraction of sp³-hybridized carbons (Fsp3) is 0.438. The molecule has 0 spiro atoms. The van der Waals surface area contributed by atoms with Gasteiger partial charge in [-0.3, -0.25) is 4.79 Å². The summed E-state index contributed by atoms with van der Waals surface area (Å²) in [6.07, 6.45) is -3.26. The van der Waals surface area contributed by atoms with E-state index in [9.17, 15) is 20.1 Å². The Hall–Kier alpha value is -1.84. The number of rotatable bonds is 4. The van der Waals surface area contributed by atoms with Gasteiger partial charge in [-0.1, -0.05) is 11.6 Å². The Bertz CT molecular complexity index is 766. The third-order valence-electron chi connectivity index (χ3n) is 4.10. The van der Waals surface area contributed by atoms with E-state index in [0.717, 1.165) is 10.9 Å². The van der Waals surface area contributed by atoms with Crippen molar-refractivity contribution in [1.29, 1.82) is 0 Å². The zero-order valence-corrected chi connectivity index (χ0v) is 14.1. The lowest BCUT2D eigenvalue weighted by Crippen LogP contribution is -2.65. The zero-order valence-electron chi connectivity index (χ0n) is 13.3. The minimum Gasteiger partial charge on any atom is -0.460 e. The van der Waals surface area contributed by atoms with Crippen molar-refractivity contribution in [1.82, 2.24) is 10.3 Å². The lowest BCUT2D eigenvalue weighted by molar-refractivity contribution is -0.244. The van der Waals surface area contributed by atoms with Crippen molar-refractivity contribution in [3.63, 3.8) is 0 Å². The molecule has 0 unspecified atom stereocenters. The summed E-state index contributed by atoms with van der Waals surface area (Å²) in [5.41, 5.74) is 0.744. The van der Waals surface area contributed by atoms with Crippen molar-refractivity contribution in [3.8, 4) is 5.75 Å². The summed E-state index contributed by atoms with van der Waals surface area (Å²) < 4.78 is 11.4. The third-order valence-corrected chi connectivity index (χ3v) is 4.33. The molecule has 136 valence electrons. The Labute approximate surface area is 148 Å². The van der Waals surface area contributed by atoms with Crippen LogP contribution in [0, 0.1) is 0 Å². The van der Waals surface area contributed by atoms with E-state index in [1.807, 2.05) is 0 Å². The molecule has 2 heterocycles. The number of aromatic nitrogens is 1. The van der Waals surface area contributed by atoms with Crippen LogP contribution >= 0.6 is 11.6 Å². The summed E-state index contributed by atoms with van der Waals surface area (Å²) in [4.78, 5) is 14.4. The average Bonchev–Trinajstić information content (AvgIpc) is 2.96. The third kappa shape index (κ3) is 3.58. The topological polar surface area (TPSA) is 124 Å². The summed E-state index contributed by atoms with van der Waals surface area (Å²) in [7, 11) is 0. The van der Waals surface area contributed by atoms with Crippen molar-refractivity contribution >= 4 is 28.4 Å². The van der Waals surface area contributed by atoms with Crippen LogP contribution in [0.4, 0.5) is 0 Å². The molecule has 1 aliphatic rings. The van der Waals surface area contributed by atoms with Crippen LogP contribution in [0.5, 0.6) is 5.75 Å². The molecule has 0 bridgehead atoms. The number of ether oxygens (including phenoxy) is 2. The standard InChI is InChI=1S/C16H19ClN2O6/c1-7(21)19-13-15(23)14(22)12(6-20)25-16(13)24-11-5-18-10-4-8(17)2-3-9(10)11/h2-5,12-16,18,20,22-23H,6H2,1H3,(H,19,21)/t12-,13-,14+,15+,16-/m1/s1. The second-order valence-electron chi connectivity index (χ2n) is 5.89. The molecule has 0 aliphatic carbocycles. The summed E-state index contributed by atoms with van der Waals surface area (Å²) >= 11 is 5.95. The smallest absolute Gasteiger partial charge is 0.223 e. The predicted octanol–water partition coefficient (Wildman–Crippen LogP) is 0.144. The van der Waals surface area contributed by atoms with Crippen molar-refractivity contribution in [2.24, 2.45) is 0 Å². The first-order chi connectivity index (χ1) is 11.9. The summed E-state index contributed by atoms with van der Waals surface area (Å²) in [5, 5.41) is 33.4. The van der Waals surface area contributed by atoms with E-state index < -0.39 is 43.2 Å². The number of hydrogen-bond acceptors (Lipinski definition) is 6. The van der Waals surface area contributed by atoms with Crippen LogP contribution in [0.15, 0.2) is 24.4 Å². The van der Waals surface area contributed by atoms with Gasteiger partial charge in [-0.25, -0.2) is 0 Å². The summed E-state index contributed by atoms with van der Waals surface area (Å²) in [6, 6.07) is 4.18. The summed E-state index contributed by atoms with van der Waals surface area (Å²) in [5.74, 6) is 0.00825. The molecule has 1 saturated heterocycles. The van der Waals surface area contributed by atoms with Crippen LogP contribution in [-0.2, 0) is 9.53 Å². The van der Waals surface area contributed by atoms with E-state index in [1.165, 1.54) is 6.92 Å². The molecule has 9 heteroatoms. The number of aliphatic hydroxyl groups is 3. The number of H-pyrrole nitrogens is 1. The molecular weight excluding hydrogens is 352 g/mol. The Morgan fingerprint density at radius 1 is 1.40 bits per heavy atom. The van der Waals surface area contributed by atoms with Crippen molar-refractivity contribution in [3.05, 3.63) is 29.4 Å². The van der Waals surface area contributed by atoms with Crippen LogP contribution in [0.25, 0.3) is 10.9 Å². The molecule has 5 N–H and O–H groups in total. The van der Waals surface area contributed by atoms with Crippen LogP contribution in [0.2, 0.25) is 5.02 Å². The second-order valence-corrected chi connectivity index (χ2v) is 6.33. The minimum absolute atomic E-state index is 0.415. The molecule has 25 heavy (non-hydrogen) atoms. The van der Waals surface area contributed by atoms with Gasteiger partial charge in [0.1, 0.15) is 30.1 Å². The molecule has 1 aliphatic heterocycles. The molecule has 3 rings (SSSR count). The van der Waals surface area contributed by atoms with E-state index in [4.69, 9.17) is 21.1 Å². The number of carbonyl (C=O) groups is 1. The van der Waals surface area contributed by atoms with Gasteiger partial charge in [-0.05, 0) is 18.2 Å². The maximum absolute atomic E-state index is 11.4. The van der Waals surface area contributed by atoms with Gasteiger partial charge in [0.2, 0.25) is 12.2 Å². The first-order valence-corrected chi connectivity index (χ1v) is 8.11. The summed E-state index contributed by atoms with van der Waals surface area (Å²) in [6.45, 7) is 0.774. The normalized spacial score (nSPS) is 29.6. The van der Waals surface area contributed by atoms with Crippen LogP contribution in [-0.4, -0.2) is 63.5 Å². The van der Waals surface area contributed by atoms with Gasteiger partial charge in [0.25, 0.3) is 0 Å². The number of aromatic amines is 1. The van der Waals surface area contributed by atoms with E-state index >= 15 is 0 Å². The molecule has 2 aromatic rings. The number of aliphatic hydroxyl groups excluding tert-OH is 3. The van der Waals surface area contributed by atoms with Gasteiger partial charge < -0.3 is 35.1 Å². The van der Waals surface area contributed by atoms with Crippen molar-refractivity contribution in [2.75, 3.05) is 6.61 Å². The lowest BCUT2D eigenvalue weighted by atomic mass is 9.97. The molecule has 8 nitrogen and oxygen atoms in total. The van der Waals surface area contributed by atoms with Crippen LogP contribution in [0.3, 0.4) is 0 Å². The van der Waals surface area contributed by atoms with Gasteiger partial charge in [0.05, 0.1) is 12.1 Å². The molecule has 5 atom stereocenters. The predicted molar refractivity (Wildman–Crippen MR) is 89.3 cm³/mol. The van der Waals surface area contributed by atoms with Crippen molar-refractivity contribution in [2.45, 2.75) is 37.6 Å². The number of hydrogen-bond donors (Lipinski definition) is 5. The van der Waals surface area contributed by atoms with E-state index in [1.54, 1.807) is 24.4 Å². The van der Waals surface area contributed by atoms with E-state index in [2.05, 4.69) is 10.3 Å². The van der Waals surface area contributed by atoms with E-state index in [0.29, 0.717) is 10.8 Å². The number of fused-ring (bicyclic) bond motifs is 1. The number of halogens is 1. The molecular formula is C16H19ClN2O6. The average molecular weight is 371 g/mol. The van der Waals surface area contributed by atoms with E-state index in [-0.39, 0.29) is 0 Å². The van der Waals surface area contributed by atoms with Gasteiger partial charge in [-0.2, -0.15) is 0 Å². The first kappa shape index (κ1) is 18.0. The van der Waals surface area contributed by atoms with Crippen LogP contribution in [0.1, 0.15) is 6.92 Å². The fourth-order valence-corrected chi connectivity index (χ4v) is 3.04. The Morgan fingerprint density at radius 3 is 2.84 bits per heavy atom. The molecule has 0 saturated carbocycles. The SMILES string of the molecule is CC(=O)N[C@H]1[C@H](Oc2c[nH]c3cc(Cl)ccc23)O[C@H](CO)[C@H](O)[C@H]1O. The van der Waals surface area contributed by atoms with Gasteiger partial charge in [0.15, 0.2) is 0 Å². The number of amides is 1. The fourth-order valence-electron chi connectivity index (χ4n) is 2.87. The van der Waals surface area contributed by atoms with Crippen LogP contribution < -0.4 is 10.1 Å². The number of carbonyl (C=O) groups excluding carboxylic acids is 1. The molecule has 1 aromatic heterocycles. The highest BCUT2D eigenvalue weighted by molar-refractivity contribution is 6.31. The molecule has 1 fully saturated rings. The maximum atomic E-state index is 11.4. The molecule has 0 radical (unpaired) electrons.